The molecule has 9 heteroatoms. The van der Waals surface area contributed by atoms with Crippen LogP contribution in [-0.2, 0) is 14.4 Å². The van der Waals surface area contributed by atoms with E-state index in [-0.39, 0.29) is 18.9 Å². The van der Waals surface area contributed by atoms with Crippen molar-refractivity contribution in [3.05, 3.63) is 40.3 Å². The van der Waals surface area contributed by atoms with Gasteiger partial charge in [0.05, 0.1) is 4.91 Å². The van der Waals surface area contributed by atoms with E-state index in [1.165, 1.54) is 28.4 Å². The van der Waals surface area contributed by atoms with Crippen LogP contribution >= 0.6 is 35.7 Å². The van der Waals surface area contributed by atoms with Gasteiger partial charge in [0.2, 0.25) is 5.91 Å². The molecule has 1 aromatic carbocycles. The molecule has 0 aromatic heterocycles. The summed E-state index contributed by atoms with van der Waals surface area (Å²) in [5.74, 6) is -1.07. The van der Waals surface area contributed by atoms with Crippen molar-refractivity contribution in [3.8, 4) is 0 Å². The van der Waals surface area contributed by atoms with E-state index in [0.29, 0.717) is 21.4 Å². The molecule has 6 nitrogen and oxygen atoms in total. The number of hydrogen-bond donors (Lipinski definition) is 2. The van der Waals surface area contributed by atoms with Crippen LogP contribution in [0.2, 0.25) is 0 Å². The summed E-state index contributed by atoms with van der Waals surface area (Å²) in [6.45, 7) is 2.11. The molecule has 2 rings (SSSR count). The van der Waals surface area contributed by atoms with Crippen molar-refractivity contribution in [1.82, 2.24) is 10.2 Å². The van der Waals surface area contributed by atoms with Crippen molar-refractivity contribution in [3.63, 3.8) is 0 Å². The number of carboxylic acid groups (broad SMARTS) is 1. The zero-order chi connectivity index (χ0) is 20.7. The highest BCUT2D eigenvalue weighted by Gasteiger charge is 2.32. The molecule has 1 fully saturated rings. The third-order valence-electron chi connectivity index (χ3n) is 4.06. The number of thioether (sulfide) groups is 2. The smallest absolute Gasteiger partial charge is 0.326 e. The molecular formula is C19H22N2O4S3. The molecule has 28 heavy (non-hydrogen) atoms. The normalized spacial score (nSPS) is 16.5. The Labute approximate surface area is 178 Å². The fourth-order valence-corrected chi connectivity index (χ4v) is 4.26. The van der Waals surface area contributed by atoms with Crippen LogP contribution in [0.5, 0.6) is 0 Å². The Balaban J connectivity index is 1.94. The number of benzene rings is 1. The third kappa shape index (κ3) is 6.35. The zero-order valence-electron chi connectivity index (χ0n) is 15.6. The van der Waals surface area contributed by atoms with E-state index >= 15 is 0 Å². The van der Waals surface area contributed by atoms with Crippen molar-refractivity contribution in [1.29, 1.82) is 0 Å². The Kier molecular flexibility index (Phi) is 8.53. The summed E-state index contributed by atoms with van der Waals surface area (Å²) >= 11 is 7.99. The number of aliphatic carboxylic acids is 1. The summed E-state index contributed by atoms with van der Waals surface area (Å²) in [7, 11) is 0. The molecule has 0 saturated carbocycles. The molecule has 0 spiro atoms. The van der Waals surface area contributed by atoms with Gasteiger partial charge in [-0.2, -0.15) is 11.8 Å². The number of rotatable bonds is 9. The van der Waals surface area contributed by atoms with Crippen LogP contribution in [0.1, 0.15) is 24.0 Å². The molecule has 0 aliphatic carbocycles. The summed E-state index contributed by atoms with van der Waals surface area (Å²) in [6.07, 6.45) is 4.00. The van der Waals surface area contributed by atoms with E-state index in [4.69, 9.17) is 12.2 Å². The lowest BCUT2D eigenvalue weighted by atomic mass is 10.1. The molecule has 2 amide bonds. The lowest BCUT2D eigenvalue weighted by Gasteiger charge is -2.17. The second-order valence-corrected chi connectivity index (χ2v) is 8.90. The SMILES string of the molecule is CSCCC(NC(=O)CCN1C(=O)/C(=C/c2ccc(C)cc2)SC1=S)C(=O)O. The van der Waals surface area contributed by atoms with Gasteiger partial charge in [0, 0.05) is 13.0 Å². The van der Waals surface area contributed by atoms with Crippen molar-refractivity contribution >= 4 is 63.9 Å². The number of amides is 2. The number of carboxylic acids is 1. The number of thiocarbonyl (C=S) groups is 1. The standard InChI is InChI=1S/C19H22N2O4S3/c1-12-3-5-13(6-4-12)11-15-17(23)21(19(26)28-15)9-7-16(22)20-14(18(24)25)8-10-27-2/h3-6,11,14H,7-10H2,1-2H3,(H,20,22)(H,24,25)/b15-11-. The average Bonchev–Trinajstić information content (AvgIpc) is 2.91. The van der Waals surface area contributed by atoms with Gasteiger partial charge in [-0.25, -0.2) is 4.79 Å². The van der Waals surface area contributed by atoms with Gasteiger partial charge >= 0.3 is 5.97 Å². The van der Waals surface area contributed by atoms with E-state index in [1.54, 1.807) is 6.08 Å². The first-order chi connectivity index (χ1) is 13.3. The summed E-state index contributed by atoms with van der Waals surface area (Å²) in [4.78, 5) is 37.8. The predicted octanol–water partition coefficient (Wildman–Crippen LogP) is 2.91. The van der Waals surface area contributed by atoms with Crippen molar-refractivity contribution in [2.45, 2.75) is 25.8 Å². The molecule has 0 bridgehead atoms. The number of aryl methyl sites for hydroxylation is 1. The van der Waals surface area contributed by atoms with Gasteiger partial charge in [-0.3, -0.25) is 14.5 Å². The monoisotopic (exact) mass is 438 g/mol. The average molecular weight is 439 g/mol. The molecule has 1 aliphatic heterocycles. The first kappa shape index (κ1) is 22.4. The summed E-state index contributed by atoms with van der Waals surface area (Å²) < 4.78 is 0.397. The maximum atomic E-state index is 12.6. The van der Waals surface area contributed by atoms with E-state index in [1.807, 2.05) is 37.4 Å². The quantitative estimate of drug-likeness (QED) is 0.453. The van der Waals surface area contributed by atoms with E-state index in [2.05, 4.69) is 5.32 Å². The molecule has 1 aromatic rings. The molecule has 1 heterocycles. The number of carbonyl (C=O) groups excluding carboxylic acids is 2. The molecule has 1 aliphatic rings. The molecule has 0 radical (unpaired) electrons. The van der Waals surface area contributed by atoms with Crippen LogP contribution in [0.4, 0.5) is 0 Å². The highest BCUT2D eigenvalue weighted by molar-refractivity contribution is 8.26. The first-order valence-electron chi connectivity index (χ1n) is 8.65. The topological polar surface area (TPSA) is 86.7 Å². The summed E-state index contributed by atoms with van der Waals surface area (Å²) in [5.41, 5.74) is 2.04. The van der Waals surface area contributed by atoms with Crippen LogP contribution < -0.4 is 5.32 Å². The van der Waals surface area contributed by atoms with Crippen LogP contribution in [0.3, 0.4) is 0 Å². The van der Waals surface area contributed by atoms with Crippen molar-refractivity contribution in [2.24, 2.45) is 0 Å². The second-order valence-electron chi connectivity index (χ2n) is 6.23. The lowest BCUT2D eigenvalue weighted by molar-refractivity contribution is -0.142. The molecule has 1 atom stereocenters. The van der Waals surface area contributed by atoms with Gasteiger partial charge in [-0.1, -0.05) is 53.8 Å². The zero-order valence-corrected chi connectivity index (χ0v) is 18.1. The van der Waals surface area contributed by atoms with Gasteiger partial charge in [0.1, 0.15) is 10.4 Å². The van der Waals surface area contributed by atoms with Crippen LogP contribution in [-0.4, -0.2) is 56.7 Å². The van der Waals surface area contributed by atoms with Gasteiger partial charge in [0.15, 0.2) is 0 Å². The van der Waals surface area contributed by atoms with E-state index in [0.717, 1.165) is 11.1 Å². The largest absolute Gasteiger partial charge is 0.480 e. The van der Waals surface area contributed by atoms with E-state index in [9.17, 15) is 19.5 Å². The van der Waals surface area contributed by atoms with Crippen molar-refractivity contribution in [2.75, 3.05) is 18.6 Å². The molecule has 150 valence electrons. The fourth-order valence-electron chi connectivity index (χ4n) is 2.48. The maximum Gasteiger partial charge on any atom is 0.326 e. The van der Waals surface area contributed by atoms with Crippen LogP contribution in [0.25, 0.3) is 6.08 Å². The molecule has 2 N–H and O–H groups in total. The second kappa shape index (κ2) is 10.6. The van der Waals surface area contributed by atoms with Crippen LogP contribution in [0.15, 0.2) is 29.2 Å². The highest BCUT2D eigenvalue weighted by Crippen LogP contribution is 2.32. The lowest BCUT2D eigenvalue weighted by Crippen LogP contribution is -2.42. The Morgan fingerprint density at radius 1 is 1.36 bits per heavy atom. The molecule has 1 unspecified atom stereocenters. The van der Waals surface area contributed by atoms with Crippen molar-refractivity contribution < 1.29 is 19.5 Å². The summed E-state index contributed by atoms with van der Waals surface area (Å²) in [5, 5.41) is 11.7. The number of nitrogens with one attached hydrogen (secondary N) is 1. The van der Waals surface area contributed by atoms with Crippen LogP contribution in [0, 0.1) is 6.92 Å². The highest BCUT2D eigenvalue weighted by atomic mass is 32.2. The van der Waals surface area contributed by atoms with Gasteiger partial charge in [0.25, 0.3) is 5.91 Å². The predicted molar refractivity (Wildman–Crippen MR) is 118 cm³/mol. The van der Waals surface area contributed by atoms with Gasteiger partial charge in [-0.15, -0.1) is 0 Å². The minimum Gasteiger partial charge on any atom is -0.480 e. The fraction of sp³-hybridized carbons (Fsp3) is 0.368. The Morgan fingerprint density at radius 2 is 2.04 bits per heavy atom. The van der Waals surface area contributed by atoms with Gasteiger partial charge < -0.3 is 10.4 Å². The number of hydrogen-bond acceptors (Lipinski definition) is 6. The first-order valence-corrected chi connectivity index (χ1v) is 11.3. The Morgan fingerprint density at radius 3 is 2.64 bits per heavy atom. The maximum absolute atomic E-state index is 12.6. The number of carbonyl (C=O) groups is 3. The molecular weight excluding hydrogens is 416 g/mol. The summed E-state index contributed by atoms with van der Waals surface area (Å²) in [6, 6.07) is 6.86. The Bertz CT molecular complexity index is 793. The van der Waals surface area contributed by atoms with Gasteiger partial charge in [-0.05, 0) is 37.0 Å². The number of nitrogens with zero attached hydrogens (tertiary/aromatic N) is 1. The van der Waals surface area contributed by atoms with E-state index < -0.39 is 17.9 Å². The Hall–Kier alpha value is -1.84. The third-order valence-corrected chi connectivity index (χ3v) is 6.08. The minimum atomic E-state index is -1.06. The molecule has 1 saturated heterocycles. The minimum absolute atomic E-state index is 0.00665.